The van der Waals surface area contributed by atoms with Crippen LogP contribution in [0, 0.1) is 27.5 Å². The number of nitro benzene ring substituents is 1. The summed E-state index contributed by atoms with van der Waals surface area (Å²) in [4.78, 5) is 26.5. The summed E-state index contributed by atoms with van der Waals surface area (Å²) in [5, 5.41) is 20.9. The lowest BCUT2D eigenvalue weighted by atomic mass is 10.2. The van der Waals surface area contributed by atoms with Gasteiger partial charge in [-0.3, -0.25) is 20.2 Å². The van der Waals surface area contributed by atoms with E-state index in [-0.39, 0.29) is 17.2 Å². The van der Waals surface area contributed by atoms with Crippen LogP contribution in [0.3, 0.4) is 0 Å². The van der Waals surface area contributed by atoms with Crippen molar-refractivity contribution < 1.29 is 9.72 Å². The molecule has 0 atom stereocenters. The van der Waals surface area contributed by atoms with E-state index >= 15 is 0 Å². The van der Waals surface area contributed by atoms with Crippen molar-refractivity contribution in [1.29, 1.82) is 0 Å². The number of nitro groups is 1. The van der Waals surface area contributed by atoms with Crippen LogP contribution in [0.1, 0.15) is 21.7 Å². The highest BCUT2D eigenvalue weighted by molar-refractivity contribution is 14.1. The highest BCUT2D eigenvalue weighted by Crippen LogP contribution is 2.20. The van der Waals surface area contributed by atoms with Gasteiger partial charge >= 0.3 is 0 Å². The van der Waals surface area contributed by atoms with E-state index in [1.165, 1.54) is 18.2 Å². The van der Waals surface area contributed by atoms with Crippen LogP contribution < -0.4 is 5.32 Å². The second-order valence-electron chi connectivity index (χ2n) is 4.18. The Morgan fingerprint density at radius 1 is 1.29 bits per heavy atom. The first-order valence-electron chi connectivity index (χ1n) is 5.81. The van der Waals surface area contributed by atoms with E-state index in [2.05, 4.69) is 20.5 Å². The largest absolute Gasteiger partial charge is 0.289 e. The Morgan fingerprint density at radius 3 is 2.62 bits per heavy atom. The smallest absolute Gasteiger partial charge is 0.270 e. The van der Waals surface area contributed by atoms with Gasteiger partial charge < -0.3 is 0 Å². The van der Waals surface area contributed by atoms with Crippen LogP contribution in [0.2, 0.25) is 0 Å². The van der Waals surface area contributed by atoms with Crippen molar-refractivity contribution in [2.45, 2.75) is 13.8 Å². The van der Waals surface area contributed by atoms with Crippen LogP contribution in [-0.4, -0.2) is 26.0 Å². The maximum absolute atomic E-state index is 12.2. The minimum Gasteiger partial charge on any atom is -0.289 e. The molecular weight excluding hydrogens is 389 g/mol. The Labute approximate surface area is 133 Å². The number of nitrogens with zero attached hydrogens (tertiary/aromatic N) is 4. The molecular formula is C12H10IN5O3. The molecule has 108 valence electrons. The predicted molar refractivity (Wildman–Crippen MR) is 83.1 cm³/mol. The number of rotatable bonds is 3. The van der Waals surface area contributed by atoms with Crippen molar-refractivity contribution in [3.8, 4) is 0 Å². The summed E-state index contributed by atoms with van der Waals surface area (Å²) in [6.07, 6.45) is 0. The van der Waals surface area contributed by atoms with E-state index in [0.29, 0.717) is 15.0 Å². The molecule has 0 spiro atoms. The van der Waals surface area contributed by atoms with Crippen molar-refractivity contribution in [1.82, 2.24) is 15.2 Å². The molecule has 0 bridgehead atoms. The minimum absolute atomic E-state index is 0.0606. The molecule has 8 nitrogen and oxygen atoms in total. The SMILES string of the molecule is Cc1nnc(NC(=O)c2cc([N+](=O)[O-])ccc2I)nc1C. The third-order valence-corrected chi connectivity index (χ3v) is 3.66. The molecule has 9 heteroatoms. The Balaban J connectivity index is 2.29. The molecule has 1 aromatic carbocycles. The summed E-state index contributed by atoms with van der Waals surface area (Å²) < 4.78 is 0.590. The summed E-state index contributed by atoms with van der Waals surface area (Å²) in [5.74, 6) is -0.460. The highest BCUT2D eigenvalue weighted by Gasteiger charge is 2.16. The Morgan fingerprint density at radius 2 is 2.00 bits per heavy atom. The molecule has 2 rings (SSSR count). The fourth-order valence-electron chi connectivity index (χ4n) is 1.48. The number of anilines is 1. The molecule has 0 unspecified atom stereocenters. The van der Waals surface area contributed by atoms with E-state index in [4.69, 9.17) is 0 Å². The molecule has 0 aliphatic heterocycles. The number of aryl methyl sites for hydroxylation is 2. The first kappa shape index (κ1) is 15.2. The zero-order valence-corrected chi connectivity index (χ0v) is 13.3. The zero-order valence-electron chi connectivity index (χ0n) is 11.1. The van der Waals surface area contributed by atoms with E-state index in [9.17, 15) is 14.9 Å². The molecule has 1 aromatic heterocycles. The predicted octanol–water partition coefficient (Wildman–Crippen LogP) is 2.25. The second-order valence-corrected chi connectivity index (χ2v) is 5.34. The molecule has 0 saturated carbocycles. The van der Waals surface area contributed by atoms with E-state index in [0.717, 1.165) is 0 Å². The maximum atomic E-state index is 12.2. The molecule has 0 aliphatic rings. The first-order valence-corrected chi connectivity index (χ1v) is 6.89. The number of non-ortho nitro benzene ring substituents is 1. The highest BCUT2D eigenvalue weighted by atomic mass is 127. The second kappa shape index (κ2) is 6.08. The number of amides is 1. The number of halogens is 1. The average molecular weight is 399 g/mol. The van der Waals surface area contributed by atoms with Gasteiger partial charge in [0.25, 0.3) is 11.6 Å². The Bertz CT molecular complexity index is 735. The third-order valence-electron chi connectivity index (χ3n) is 2.72. The van der Waals surface area contributed by atoms with Crippen molar-refractivity contribution in [2.75, 3.05) is 5.32 Å². The van der Waals surface area contributed by atoms with Crippen LogP contribution in [0.15, 0.2) is 18.2 Å². The van der Waals surface area contributed by atoms with Crippen LogP contribution in [-0.2, 0) is 0 Å². The van der Waals surface area contributed by atoms with Gasteiger partial charge in [-0.25, -0.2) is 4.98 Å². The molecule has 1 amide bonds. The van der Waals surface area contributed by atoms with E-state index < -0.39 is 10.8 Å². The van der Waals surface area contributed by atoms with Crippen molar-refractivity contribution in [3.63, 3.8) is 0 Å². The monoisotopic (exact) mass is 399 g/mol. The zero-order chi connectivity index (χ0) is 15.6. The summed E-state index contributed by atoms with van der Waals surface area (Å²) in [7, 11) is 0. The topological polar surface area (TPSA) is 111 Å². The fraction of sp³-hybridized carbons (Fsp3) is 0.167. The van der Waals surface area contributed by atoms with E-state index in [1.54, 1.807) is 13.8 Å². The summed E-state index contributed by atoms with van der Waals surface area (Å²) >= 11 is 1.93. The van der Waals surface area contributed by atoms with Crippen LogP contribution in [0.25, 0.3) is 0 Å². The number of nitrogens with one attached hydrogen (secondary N) is 1. The number of carbonyl (C=O) groups excluding carboxylic acids is 1. The molecule has 0 fully saturated rings. The quantitative estimate of drug-likeness (QED) is 0.482. The van der Waals surface area contributed by atoms with Gasteiger partial charge in [0.05, 0.1) is 21.9 Å². The van der Waals surface area contributed by atoms with Gasteiger partial charge in [-0.05, 0) is 42.5 Å². The molecule has 1 N–H and O–H groups in total. The normalized spacial score (nSPS) is 10.2. The van der Waals surface area contributed by atoms with Gasteiger partial charge in [-0.1, -0.05) is 0 Å². The minimum atomic E-state index is -0.555. The Kier molecular flexibility index (Phi) is 4.40. The van der Waals surface area contributed by atoms with Gasteiger partial charge in [0.1, 0.15) is 0 Å². The lowest BCUT2D eigenvalue weighted by molar-refractivity contribution is -0.384. The van der Waals surface area contributed by atoms with Crippen molar-refractivity contribution >= 4 is 40.1 Å². The van der Waals surface area contributed by atoms with Gasteiger partial charge in [-0.15, -0.1) is 5.10 Å². The number of aromatic nitrogens is 3. The Hall–Kier alpha value is -2.17. The third kappa shape index (κ3) is 3.48. The number of hydrogen-bond acceptors (Lipinski definition) is 6. The molecule has 0 saturated heterocycles. The van der Waals surface area contributed by atoms with Crippen LogP contribution in [0.5, 0.6) is 0 Å². The standard InChI is InChI=1S/C12H10IN5O3/c1-6-7(2)16-17-12(14-6)15-11(19)9-5-8(18(20)21)3-4-10(9)13/h3-5H,1-2H3,(H,14,15,17,19). The van der Waals surface area contributed by atoms with Crippen LogP contribution >= 0.6 is 22.6 Å². The molecule has 2 aromatic rings. The lowest BCUT2D eigenvalue weighted by Crippen LogP contribution is -2.17. The molecule has 0 aliphatic carbocycles. The summed E-state index contributed by atoms with van der Waals surface area (Å²) in [5.41, 5.74) is 1.35. The van der Waals surface area contributed by atoms with Gasteiger partial charge in [-0.2, -0.15) is 5.10 Å². The number of hydrogen-bond donors (Lipinski definition) is 1. The van der Waals surface area contributed by atoms with Crippen molar-refractivity contribution in [2.24, 2.45) is 0 Å². The fourth-order valence-corrected chi connectivity index (χ4v) is 2.06. The first-order chi connectivity index (χ1) is 9.88. The van der Waals surface area contributed by atoms with Crippen LogP contribution in [0.4, 0.5) is 11.6 Å². The molecule has 0 radical (unpaired) electrons. The number of carbonyl (C=O) groups is 1. The molecule has 21 heavy (non-hydrogen) atoms. The summed E-state index contributed by atoms with van der Waals surface area (Å²) in [6, 6.07) is 4.06. The average Bonchev–Trinajstić information content (AvgIpc) is 2.43. The van der Waals surface area contributed by atoms with Gasteiger partial charge in [0.2, 0.25) is 5.95 Å². The van der Waals surface area contributed by atoms with Crippen molar-refractivity contribution in [3.05, 3.63) is 48.8 Å². The lowest BCUT2D eigenvalue weighted by Gasteiger charge is -2.06. The van der Waals surface area contributed by atoms with Gasteiger partial charge in [0, 0.05) is 15.7 Å². The summed E-state index contributed by atoms with van der Waals surface area (Å²) in [6.45, 7) is 3.50. The van der Waals surface area contributed by atoms with Gasteiger partial charge in [0.15, 0.2) is 0 Å². The van der Waals surface area contributed by atoms with E-state index in [1.807, 2.05) is 22.6 Å². The number of benzene rings is 1. The maximum Gasteiger partial charge on any atom is 0.270 e. The molecule has 1 heterocycles.